The van der Waals surface area contributed by atoms with Crippen LogP contribution in [0.4, 0.5) is 0 Å². The van der Waals surface area contributed by atoms with Gasteiger partial charge in [0.05, 0.1) is 21.3 Å². The second kappa shape index (κ2) is 6.34. The van der Waals surface area contributed by atoms with Crippen LogP contribution in [0.3, 0.4) is 0 Å². The second-order valence-corrected chi connectivity index (χ2v) is 4.62. The van der Waals surface area contributed by atoms with Crippen LogP contribution in [0.2, 0.25) is 0 Å². The van der Waals surface area contributed by atoms with E-state index in [1.165, 1.54) is 21.3 Å². The zero-order valence-electron chi connectivity index (χ0n) is 12.6. The molecule has 2 rings (SSSR count). The van der Waals surface area contributed by atoms with Crippen molar-refractivity contribution in [1.29, 1.82) is 0 Å². The molecule has 1 aromatic rings. The van der Waals surface area contributed by atoms with Crippen molar-refractivity contribution in [3.8, 4) is 11.5 Å². The maximum absolute atomic E-state index is 12.1. The van der Waals surface area contributed by atoms with Gasteiger partial charge in [0, 0.05) is 16.8 Å². The zero-order chi connectivity index (χ0) is 16.3. The predicted octanol–water partition coefficient (Wildman–Crippen LogP) is 1.52. The minimum atomic E-state index is -0.839. The lowest BCUT2D eigenvalue weighted by Gasteiger charge is -2.12. The number of rotatable bonds is 4. The van der Waals surface area contributed by atoms with Gasteiger partial charge >= 0.3 is 5.97 Å². The minimum Gasteiger partial charge on any atom is -0.493 e. The van der Waals surface area contributed by atoms with E-state index in [0.717, 1.165) is 0 Å². The van der Waals surface area contributed by atoms with E-state index in [0.29, 0.717) is 22.8 Å². The molecule has 0 bridgehead atoms. The molecular weight excluding hydrogens is 286 g/mol. The van der Waals surface area contributed by atoms with Crippen LogP contribution in [0, 0.1) is 5.92 Å². The van der Waals surface area contributed by atoms with Crippen molar-refractivity contribution >= 4 is 18.0 Å². The molecule has 0 aromatic heterocycles. The summed E-state index contributed by atoms with van der Waals surface area (Å²) in [5.74, 6) is -0.759. The van der Waals surface area contributed by atoms with E-state index in [2.05, 4.69) is 11.9 Å². The quantitative estimate of drug-likeness (QED) is 0.674. The van der Waals surface area contributed by atoms with Crippen molar-refractivity contribution in [1.82, 2.24) is 5.32 Å². The average Bonchev–Trinajstić information content (AvgIpc) is 2.80. The molecular formula is C16H17NO5. The molecule has 0 unspecified atom stereocenters. The van der Waals surface area contributed by atoms with Gasteiger partial charge in [-0.25, -0.2) is 0 Å². The van der Waals surface area contributed by atoms with E-state index in [-0.39, 0.29) is 11.5 Å². The number of amides is 1. The van der Waals surface area contributed by atoms with Crippen LogP contribution in [0.15, 0.2) is 36.0 Å². The van der Waals surface area contributed by atoms with Crippen molar-refractivity contribution in [2.45, 2.75) is 0 Å². The molecule has 6 heteroatoms. The van der Waals surface area contributed by atoms with E-state index in [1.54, 1.807) is 24.3 Å². The third-order valence-electron chi connectivity index (χ3n) is 3.38. The number of carbonyl (C=O) groups excluding carboxylic acids is 2. The summed E-state index contributed by atoms with van der Waals surface area (Å²) in [5, 5.41) is 2.54. The van der Waals surface area contributed by atoms with Gasteiger partial charge in [-0.05, 0) is 12.1 Å². The molecule has 116 valence electrons. The Hall–Kier alpha value is -2.76. The maximum atomic E-state index is 12.1. The molecule has 0 spiro atoms. The van der Waals surface area contributed by atoms with Crippen LogP contribution < -0.4 is 14.8 Å². The van der Waals surface area contributed by atoms with Gasteiger partial charge in [0.2, 0.25) is 0 Å². The molecule has 1 fully saturated rings. The van der Waals surface area contributed by atoms with E-state index in [9.17, 15) is 9.59 Å². The molecule has 1 heterocycles. The van der Waals surface area contributed by atoms with E-state index in [1.807, 2.05) is 0 Å². The standard InChI is InChI=1S/C16H17NO5/c1-9-13(16(19)22-4)11(15(18)17-9)8-10-6-5-7-12(20-2)14(10)21-3/h5-8,13H,1H2,2-4H3,(H,17,18)/b11-8-/t13-/m1/s1. The van der Waals surface area contributed by atoms with Gasteiger partial charge in [0.1, 0.15) is 5.92 Å². The van der Waals surface area contributed by atoms with Crippen molar-refractivity contribution in [3.05, 3.63) is 41.6 Å². The first-order valence-electron chi connectivity index (χ1n) is 6.54. The molecule has 1 N–H and O–H groups in total. The fraction of sp³-hybridized carbons (Fsp3) is 0.250. The first-order valence-corrected chi connectivity index (χ1v) is 6.54. The van der Waals surface area contributed by atoms with Gasteiger partial charge in [0.15, 0.2) is 11.5 Å². The highest BCUT2D eigenvalue weighted by molar-refractivity contribution is 6.08. The summed E-state index contributed by atoms with van der Waals surface area (Å²) in [6.45, 7) is 3.69. The number of para-hydroxylation sites is 1. The van der Waals surface area contributed by atoms with Crippen LogP contribution in [-0.4, -0.2) is 33.2 Å². The molecule has 1 aliphatic heterocycles. The molecule has 6 nitrogen and oxygen atoms in total. The highest BCUT2D eigenvalue weighted by atomic mass is 16.5. The highest BCUT2D eigenvalue weighted by Gasteiger charge is 2.38. The summed E-state index contributed by atoms with van der Waals surface area (Å²) in [7, 11) is 4.30. The van der Waals surface area contributed by atoms with Crippen LogP contribution in [0.5, 0.6) is 11.5 Å². The van der Waals surface area contributed by atoms with Crippen LogP contribution in [-0.2, 0) is 14.3 Å². The molecule has 1 aliphatic rings. The van der Waals surface area contributed by atoms with Crippen molar-refractivity contribution in [3.63, 3.8) is 0 Å². The summed E-state index contributed by atoms with van der Waals surface area (Å²) in [4.78, 5) is 23.9. The van der Waals surface area contributed by atoms with Crippen LogP contribution in [0.25, 0.3) is 6.08 Å². The van der Waals surface area contributed by atoms with Gasteiger partial charge in [-0.3, -0.25) is 9.59 Å². The number of carbonyl (C=O) groups is 2. The topological polar surface area (TPSA) is 73.9 Å². The molecule has 1 amide bonds. The number of hydrogen-bond donors (Lipinski definition) is 1. The summed E-state index contributed by atoms with van der Waals surface area (Å²) in [5.41, 5.74) is 1.17. The molecule has 0 saturated carbocycles. The lowest BCUT2D eigenvalue weighted by Crippen LogP contribution is -2.17. The third-order valence-corrected chi connectivity index (χ3v) is 3.38. The molecule has 0 aliphatic carbocycles. The van der Waals surface area contributed by atoms with Gasteiger partial charge in [0.25, 0.3) is 5.91 Å². The summed E-state index contributed by atoms with van der Waals surface area (Å²) in [6, 6.07) is 5.27. The first kappa shape index (κ1) is 15.6. The molecule has 1 aromatic carbocycles. The van der Waals surface area contributed by atoms with Crippen molar-refractivity contribution in [2.75, 3.05) is 21.3 Å². The van der Waals surface area contributed by atoms with E-state index < -0.39 is 11.9 Å². The van der Waals surface area contributed by atoms with Gasteiger partial charge in [-0.15, -0.1) is 0 Å². The van der Waals surface area contributed by atoms with Crippen molar-refractivity contribution < 1.29 is 23.8 Å². The van der Waals surface area contributed by atoms with Crippen LogP contribution in [0.1, 0.15) is 5.56 Å². The second-order valence-electron chi connectivity index (χ2n) is 4.62. The summed E-state index contributed by atoms with van der Waals surface area (Å²) in [6.07, 6.45) is 1.58. The number of ether oxygens (including phenoxy) is 3. The Bertz CT molecular complexity index is 663. The minimum absolute atomic E-state index is 0.253. The number of hydrogen-bond acceptors (Lipinski definition) is 5. The predicted molar refractivity (Wildman–Crippen MR) is 80.3 cm³/mol. The monoisotopic (exact) mass is 303 g/mol. The maximum Gasteiger partial charge on any atom is 0.319 e. The Labute approximate surface area is 128 Å². The number of methoxy groups -OCH3 is 3. The Morgan fingerprint density at radius 1 is 1.27 bits per heavy atom. The lowest BCUT2D eigenvalue weighted by atomic mass is 9.97. The Balaban J connectivity index is 2.53. The van der Waals surface area contributed by atoms with Gasteiger partial charge in [-0.2, -0.15) is 0 Å². The van der Waals surface area contributed by atoms with Crippen molar-refractivity contribution in [2.24, 2.45) is 5.92 Å². The van der Waals surface area contributed by atoms with E-state index >= 15 is 0 Å². The van der Waals surface area contributed by atoms with E-state index in [4.69, 9.17) is 14.2 Å². The normalized spacial score (nSPS) is 19.0. The third kappa shape index (κ3) is 2.67. The number of nitrogens with one attached hydrogen (secondary N) is 1. The molecule has 1 saturated heterocycles. The lowest BCUT2D eigenvalue weighted by molar-refractivity contribution is -0.142. The van der Waals surface area contributed by atoms with Gasteiger partial charge < -0.3 is 19.5 Å². The first-order chi connectivity index (χ1) is 10.5. The summed E-state index contributed by atoms with van der Waals surface area (Å²) >= 11 is 0. The fourth-order valence-electron chi connectivity index (χ4n) is 2.34. The molecule has 1 atom stereocenters. The Kier molecular flexibility index (Phi) is 4.50. The highest BCUT2D eigenvalue weighted by Crippen LogP contribution is 2.35. The molecule has 22 heavy (non-hydrogen) atoms. The number of benzene rings is 1. The largest absolute Gasteiger partial charge is 0.493 e. The number of esters is 1. The Morgan fingerprint density at radius 3 is 2.59 bits per heavy atom. The zero-order valence-corrected chi connectivity index (χ0v) is 12.6. The Morgan fingerprint density at radius 2 is 2.00 bits per heavy atom. The SMILES string of the molecule is C=C1NC(=O)/C(=C\c2cccc(OC)c2OC)[C@@H]1C(=O)OC. The average molecular weight is 303 g/mol. The van der Waals surface area contributed by atoms with Crippen LogP contribution >= 0.6 is 0 Å². The van der Waals surface area contributed by atoms with Gasteiger partial charge in [-0.1, -0.05) is 18.7 Å². The smallest absolute Gasteiger partial charge is 0.319 e. The fourth-order valence-corrected chi connectivity index (χ4v) is 2.34. The molecule has 0 radical (unpaired) electrons. The summed E-state index contributed by atoms with van der Waals surface area (Å²) < 4.78 is 15.3.